The van der Waals surface area contributed by atoms with Crippen LogP contribution in [0.5, 0.6) is 0 Å². The second-order valence-electron chi connectivity index (χ2n) is 11.2. The molecule has 5 rings (SSSR count). The molecule has 0 unspecified atom stereocenters. The number of rotatable bonds is 11. The fraction of sp³-hybridized carbons (Fsp3) is 0.469. The molecule has 2 aromatic heterocycles. The molecule has 8 heteroatoms. The molecule has 1 aliphatic heterocycles. The van der Waals surface area contributed by atoms with Gasteiger partial charge in [-0.15, -0.1) is 11.3 Å². The van der Waals surface area contributed by atoms with E-state index in [0.29, 0.717) is 31.9 Å². The number of methoxy groups -OCH3 is 1. The Morgan fingerprint density at radius 2 is 1.95 bits per heavy atom. The Bertz CT molecular complexity index is 1410. The molecule has 3 heterocycles. The van der Waals surface area contributed by atoms with Crippen LogP contribution in [-0.2, 0) is 22.5 Å². The van der Waals surface area contributed by atoms with E-state index in [1.54, 1.807) is 18.4 Å². The number of fused-ring (bicyclic) bond motifs is 1. The number of imidazole rings is 1. The fourth-order valence-corrected chi connectivity index (χ4v) is 6.49. The van der Waals surface area contributed by atoms with Gasteiger partial charge >= 0.3 is 0 Å². The molecule has 0 bridgehead atoms. The summed E-state index contributed by atoms with van der Waals surface area (Å²) in [6, 6.07) is 16.5. The summed E-state index contributed by atoms with van der Waals surface area (Å²) in [4.78, 5) is 25.1. The number of para-hydroxylation sites is 2. The zero-order valence-electron chi connectivity index (χ0n) is 23.9. The van der Waals surface area contributed by atoms with Gasteiger partial charge in [0.15, 0.2) is 0 Å². The molecule has 1 amide bonds. The number of likely N-dealkylation sites (tertiary alicyclic amines) is 1. The summed E-state index contributed by atoms with van der Waals surface area (Å²) in [6.07, 6.45) is 3.96. The molecule has 2 aromatic carbocycles. The molecule has 40 heavy (non-hydrogen) atoms. The zero-order chi connectivity index (χ0) is 28.1. The van der Waals surface area contributed by atoms with Crippen LogP contribution in [0.4, 0.5) is 0 Å². The molecule has 0 aliphatic carbocycles. The number of aromatic nitrogens is 3. The average molecular weight is 560 g/mol. The number of piperidine rings is 1. The number of amides is 1. The molecule has 7 nitrogen and oxygen atoms in total. The van der Waals surface area contributed by atoms with Gasteiger partial charge in [-0.1, -0.05) is 50.2 Å². The summed E-state index contributed by atoms with van der Waals surface area (Å²) in [7, 11) is 1.74. The number of benzene rings is 2. The van der Waals surface area contributed by atoms with Crippen LogP contribution in [0.15, 0.2) is 53.9 Å². The van der Waals surface area contributed by atoms with Gasteiger partial charge in [0.2, 0.25) is 5.91 Å². The topological polar surface area (TPSA) is 86.3 Å². The maximum absolute atomic E-state index is 13.3. The zero-order valence-corrected chi connectivity index (χ0v) is 24.7. The van der Waals surface area contributed by atoms with E-state index in [-0.39, 0.29) is 17.9 Å². The van der Waals surface area contributed by atoms with E-state index in [2.05, 4.69) is 66.3 Å². The van der Waals surface area contributed by atoms with Crippen molar-refractivity contribution in [3.63, 3.8) is 0 Å². The average Bonchev–Trinajstić information content (AvgIpc) is 3.60. The quantitative estimate of drug-likeness (QED) is 0.228. The van der Waals surface area contributed by atoms with Crippen LogP contribution >= 0.6 is 11.3 Å². The van der Waals surface area contributed by atoms with Crippen LogP contribution in [0.3, 0.4) is 0 Å². The molecule has 1 aliphatic rings. The van der Waals surface area contributed by atoms with Gasteiger partial charge in [0.1, 0.15) is 5.82 Å². The van der Waals surface area contributed by atoms with Crippen LogP contribution in [-0.4, -0.2) is 58.2 Å². The maximum atomic E-state index is 13.3. The molecule has 2 N–H and O–H groups in total. The van der Waals surface area contributed by atoms with E-state index in [0.717, 1.165) is 71.0 Å². The Morgan fingerprint density at radius 1 is 1.15 bits per heavy atom. The number of hydrogen-bond acceptors (Lipinski definition) is 6. The SMILES string of the molecule is COCCCn1c([C@@H]2CCCN(C(=O)C[C@H](N)Cc3ccc(-c4csc(C(C)C)n4)cc3)C2)nc2ccccc21. The lowest BCUT2D eigenvalue weighted by molar-refractivity contribution is -0.132. The molecule has 212 valence electrons. The van der Waals surface area contributed by atoms with Crippen molar-refractivity contribution < 1.29 is 9.53 Å². The smallest absolute Gasteiger partial charge is 0.224 e. The number of nitrogens with zero attached hydrogens (tertiary/aromatic N) is 4. The van der Waals surface area contributed by atoms with Crippen molar-refractivity contribution in [3.05, 3.63) is 70.3 Å². The van der Waals surface area contributed by atoms with E-state index < -0.39 is 0 Å². The molecule has 1 saturated heterocycles. The molecule has 4 aromatic rings. The first-order valence-electron chi connectivity index (χ1n) is 14.4. The lowest BCUT2D eigenvalue weighted by atomic mass is 9.95. The Balaban J connectivity index is 1.20. The highest BCUT2D eigenvalue weighted by Crippen LogP contribution is 2.30. The third-order valence-electron chi connectivity index (χ3n) is 7.75. The first kappa shape index (κ1) is 28.5. The van der Waals surface area contributed by atoms with Crippen molar-refractivity contribution >= 4 is 28.3 Å². The largest absolute Gasteiger partial charge is 0.385 e. The van der Waals surface area contributed by atoms with Crippen LogP contribution in [0.2, 0.25) is 0 Å². The standard InChI is InChI=1S/C32H41N5O2S/c1-22(2)32-35-28(21-40-32)24-13-11-23(12-14-24)18-26(33)19-30(38)36-15-6-8-25(20-36)31-34-27-9-4-5-10-29(27)37(31)16-7-17-39-3/h4-5,9-14,21-22,25-26H,6-8,15-20,33H2,1-3H3/t25-,26-/m1/s1. The summed E-state index contributed by atoms with van der Waals surface area (Å²) in [6.45, 7) is 7.39. The predicted octanol–water partition coefficient (Wildman–Crippen LogP) is 5.99. The third kappa shape index (κ3) is 6.62. The Kier molecular flexibility index (Phi) is 9.29. The number of thiazole rings is 1. The minimum atomic E-state index is -0.218. The van der Waals surface area contributed by atoms with Crippen molar-refractivity contribution in [2.75, 3.05) is 26.8 Å². The first-order chi connectivity index (χ1) is 19.4. The van der Waals surface area contributed by atoms with Crippen molar-refractivity contribution in [1.82, 2.24) is 19.4 Å². The first-order valence-corrected chi connectivity index (χ1v) is 15.3. The van der Waals surface area contributed by atoms with E-state index in [4.69, 9.17) is 20.4 Å². The van der Waals surface area contributed by atoms with Gasteiger partial charge in [-0.25, -0.2) is 9.97 Å². The van der Waals surface area contributed by atoms with Gasteiger partial charge < -0.3 is 19.9 Å². The monoisotopic (exact) mass is 559 g/mol. The highest BCUT2D eigenvalue weighted by atomic mass is 32.1. The summed E-state index contributed by atoms with van der Waals surface area (Å²) >= 11 is 1.71. The van der Waals surface area contributed by atoms with E-state index >= 15 is 0 Å². The van der Waals surface area contributed by atoms with Crippen LogP contribution < -0.4 is 5.73 Å². The van der Waals surface area contributed by atoms with Gasteiger partial charge in [-0.2, -0.15) is 0 Å². The highest BCUT2D eigenvalue weighted by molar-refractivity contribution is 7.10. The van der Waals surface area contributed by atoms with Crippen molar-refractivity contribution in [2.24, 2.45) is 5.73 Å². The molecule has 1 fully saturated rings. The minimum absolute atomic E-state index is 0.138. The molecule has 0 radical (unpaired) electrons. The molecule has 0 saturated carbocycles. The summed E-state index contributed by atoms with van der Waals surface area (Å²) in [5.41, 5.74) is 11.9. The van der Waals surface area contributed by atoms with Crippen LogP contribution in [0, 0.1) is 0 Å². The second-order valence-corrected chi connectivity index (χ2v) is 12.1. The lowest BCUT2D eigenvalue weighted by Gasteiger charge is -2.33. The maximum Gasteiger partial charge on any atom is 0.224 e. The van der Waals surface area contributed by atoms with E-state index in [1.165, 1.54) is 0 Å². The van der Waals surface area contributed by atoms with Gasteiger partial charge in [-0.05, 0) is 43.4 Å². The summed E-state index contributed by atoms with van der Waals surface area (Å²) in [5, 5.41) is 3.28. The predicted molar refractivity (Wildman–Crippen MR) is 163 cm³/mol. The summed E-state index contributed by atoms with van der Waals surface area (Å²) in [5.74, 6) is 1.88. The number of nitrogens with two attached hydrogens (primary N) is 1. The number of aryl methyl sites for hydroxylation is 1. The van der Waals surface area contributed by atoms with Gasteiger partial charge in [-0.3, -0.25) is 4.79 Å². The number of carbonyl (C=O) groups is 1. The summed E-state index contributed by atoms with van der Waals surface area (Å²) < 4.78 is 7.63. The number of hydrogen-bond donors (Lipinski definition) is 1. The molecule has 0 spiro atoms. The minimum Gasteiger partial charge on any atom is -0.385 e. The van der Waals surface area contributed by atoms with Gasteiger partial charge in [0.25, 0.3) is 0 Å². The molecule has 2 atom stereocenters. The fourth-order valence-electron chi connectivity index (χ4n) is 5.65. The van der Waals surface area contributed by atoms with E-state index in [1.807, 2.05) is 11.0 Å². The molecular formula is C32H41N5O2S. The highest BCUT2D eigenvalue weighted by Gasteiger charge is 2.29. The second kappa shape index (κ2) is 13.1. The Hall–Kier alpha value is -3.07. The number of ether oxygens (including phenoxy) is 1. The Labute approximate surface area is 241 Å². The van der Waals surface area contributed by atoms with Gasteiger partial charge in [0.05, 0.1) is 21.7 Å². The van der Waals surface area contributed by atoms with E-state index in [9.17, 15) is 4.79 Å². The van der Waals surface area contributed by atoms with Crippen LogP contribution in [0.1, 0.15) is 67.8 Å². The third-order valence-corrected chi connectivity index (χ3v) is 8.90. The molecular weight excluding hydrogens is 518 g/mol. The lowest BCUT2D eigenvalue weighted by Crippen LogP contribution is -2.42. The van der Waals surface area contributed by atoms with Crippen molar-refractivity contribution in [3.8, 4) is 11.3 Å². The normalized spacial score (nSPS) is 16.6. The Morgan fingerprint density at radius 3 is 2.70 bits per heavy atom. The van der Waals surface area contributed by atoms with Crippen molar-refractivity contribution in [2.45, 2.75) is 70.4 Å². The van der Waals surface area contributed by atoms with Gasteiger partial charge in [0, 0.05) is 68.6 Å². The number of carbonyl (C=O) groups excluding carboxylic acids is 1. The van der Waals surface area contributed by atoms with Crippen molar-refractivity contribution in [1.29, 1.82) is 0 Å². The van der Waals surface area contributed by atoms with Crippen LogP contribution in [0.25, 0.3) is 22.3 Å².